The van der Waals surface area contributed by atoms with Crippen LogP contribution in [0.2, 0.25) is 0 Å². The van der Waals surface area contributed by atoms with Crippen LogP contribution in [0.25, 0.3) is 10.9 Å². The first kappa shape index (κ1) is 13.4. The molecule has 1 saturated carbocycles. The Morgan fingerprint density at radius 2 is 2.00 bits per heavy atom. The minimum Gasteiger partial charge on any atom is -0.360 e. The van der Waals surface area contributed by atoms with Gasteiger partial charge in [-0.15, -0.1) is 0 Å². The molecule has 1 N–H and O–H groups in total. The molecule has 2 aromatic heterocycles. The summed E-state index contributed by atoms with van der Waals surface area (Å²) in [6.07, 6.45) is 5.32. The Morgan fingerprint density at radius 3 is 2.55 bits per heavy atom. The highest BCUT2D eigenvalue weighted by molar-refractivity contribution is 5.85. The number of ether oxygens (including phenoxy) is 2. The molecular formula is C15H20N2O3. The molecule has 5 heteroatoms. The first-order chi connectivity index (χ1) is 9.51. The number of H-pyrrole nitrogens is 1. The van der Waals surface area contributed by atoms with E-state index in [0.29, 0.717) is 0 Å². The normalized spacial score (nSPS) is 17.1. The SMILES string of the molecule is COC(OC)c1cn(C2(C)CC2)c(=O)c2c(C)c[nH]c12. The smallest absolute Gasteiger partial charge is 0.260 e. The molecule has 0 aromatic carbocycles. The number of methoxy groups -OCH3 is 2. The van der Waals surface area contributed by atoms with E-state index in [4.69, 9.17) is 9.47 Å². The van der Waals surface area contributed by atoms with Crippen LogP contribution >= 0.6 is 0 Å². The maximum Gasteiger partial charge on any atom is 0.260 e. The molecule has 0 aliphatic heterocycles. The lowest BCUT2D eigenvalue weighted by Crippen LogP contribution is -2.29. The second-order valence-electron chi connectivity index (χ2n) is 5.78. The first-order valence-electron chi connectivity index (χ1n) is 6.81. The van der Waals surface area contributed by atoms with Gasteiger partial charge < -0.3 is 19.0 Å². The van der Waals surface area contributed by atoms with Crippen molar-refractivity contribution in [2.24, 2.45) is 0 Å². The van der Waals surface area contributed by atoms with Crippen molar-refractivity contribution in [2.45, 2.75) is 38.5 Å². The van der Waals surface area contributed by atoms with Gasteiger partial charge in [0.05, 0.1) is 10.9 Å². The third kappa shape index (κ3) is 1.81. The Kier molecular flexibility index (Phi) is 2.99. The summed E-state index contributed by atoms with van der Waals surface area (Å²) in [5, 5.41) is 0.731. The number of aromatic amines is 1. The van der Waals surface area contributed by atoms with Gasteiger partial charge in [0.15, 0.2) is 6.29 Å². The number of nitrogens with one attached hydrogen (secondary N) is 1. The lowest BCUT2D eigenvalue weighted by Gasteiger charge is -2.20. The fraction of sp³-hybridized carbons (Fsp3) is 0.533. The summed E-state index contributed by atoms with van der Waals surface area (Å²) in [5.74, 6) is 0. The zero-order chi connectivity index (χ0) is 14.5. The van der Waals surface area contributed by atoms with Crippen LogP contribution in [0.3, 0.4) is 0 Å². The van der Waals surface area contributed by atoms with Crippen LogP contribution in [0.5, 0.6) is 0 Å². The lowest BCUT2D eigenvalue weighted by molar-refractivity contribution is -0.105. The molecule has 20 heavy (non-hydrogen) atoms. The summed E-state index contributed by atoms with van der Waals surface area (Å²) in [6.45, 7) is 4.05. The monoisotopic (exact) mass is 276 g/mol. The van der Waals surface area contributed by atoms with E-state index in [1.807, 2.05) is 23.9 Å². The van der Waals surface area contributed by atoms with E-state index in [1.165, 1.54) is 0 Å². The summed E-state index contributed by atoms with van der Waals surface area (Å²) >= 11 is 0. The average Bonchev–Trinajstić information content (AvgIpc) is 3.05. The van der Waals surface area contributed by atoms with Crippen LogP contribution in [0.4, 0.5) is 0 Å². The zero-order valence-corrected chi connectivity index (χ0v) is 12.3. The Morgan fingerprint density at radius 1 is 1.35 bits per heavy atom. The highest BCUT2D eigenvalue weighted by atomic mass is 16.7. The molecule has 0 atom stereocenters. The van der Waals surface area contributed by atoms with E-state index in [1.54, 1.807) is 14.2 Å². The fourth-order valence-electron chi connectivity index (χ4n) is 2.76. The maximum atomic E-state index is 12.7. The van der Waals surface area contributed by atoms with Gasteiger partial charge in [-0.2, -0.15) is 0 Å². The zero-order valence-electron chi connectivity index (χ0n) is 12.3. The molecule has 0 saturated heterocycles. The largest absolute Gasteiger partial charge is 0.360 e. The maximum absolute atomic E-state index is 12.7. The van der Waals surface area contributed by atoms with E-state index < -0.39 is 6.29 Å². The third-order valence-corrected chi connectivity index (χ3v) is 4.30. The van der Waals surface area contributed by atoms with Crippen molar-refractivity contribution < 1.29 is 9.47 Å². The van der Waals surface area contributed by atoms with Crippen molar-refractivity contribution in [3.8, 4) is 0 Å². The number of hydrogen-bond acceptors (Lipinski definition) is 3. The van der Waals surface area contributed by atoms with E-state index in [2.05, 4.69) is 11.9 Å². The molecule has 0 spiro atoms. The number of rotatable bonds is 4. The Bertz CT molecular complexity index is 706. The number of nitrogens with zero attached hydrogens (tertiary/aromatic N) is 1. The average molecular weight is 276 g/mol. The highest BCUT2D eigenvalue weighted by Gasteiger charge is 2.41. The molecule has 1 aliphatic rings. The first-order valence-corrected chi connectivity index (χ1v) is 6.81. The van der Waals surface area contributed by atoms with Gasteiger partial charge in [0, 0.05) is 37.7 Å². The van der Waals surface area contributed by atoms with Crippen molar-refractivity contribution in [1.29, 1.82) is 0 Å². The standard InChI is InChI=1S/C15H20N2O3/c1-9-7-16-12-10(14(19-3)20-4)8-17(13(18)11(9)12)15(2)5-6-15/h7-8,14,16H,5-6H2,1-4H3. The topological polar surface area (TPSA) is 56.2 Å². The van der Waals surface area contributed by atoms with Gasteiger partial charge >= 0.3 is 0 Å². The molecule has 2 aromatic rings. The number of aromatic nitrogens is 2. The van der Waals surface area contributed by atoms with Gasteiger partial charge in [-0.25, -0.2) is 0 Å². The van der Waals surface area contributed by atoms with Crippen LogP contribution in [0.1, 0.15) is 37.2 Å². The molecule has 0 amide bonds. The van der Waals surface area contributed by atoms with Gasteiger partial charge in [0.25, 0.3) is 5.56 Å². The van der Waals surface area contributed by atoms with Crippen molar-refractivity contribution in [2.75, 3.05) is 14.2 Å². The summed E-state index contributed by atoms with van der Waals surface area (Å²) in [5.41, 5.74) is 2.63. The van der Waals surface area contributed by atoms with Crippen LogP contribution in [-0.2, 0) is 15.0 Å². The molecule has 1 fully saturated rings. The van der Waals surface area contributed by atoms with Gasteiger partial charge in [-0.3, -0.25) is 4.79 Å². The van der Waals surface area contributed by atoms with Crippen molar-refractivity contribution in [3.05, 3.63) is 33.9 Å². The summed E-state index contributed by atoms with van der Waals surface area (Å²) in [6, 6.07) is 0. The second kappa shape index (κ2) is 4.46. The molecule has 2 heterocycles. The van der Waals surface area contributed by atoms with Crippen LogP contribution in [-0.4, -0.2) is 23.8 Å². The van der Waals surface area contributed by atoms with Crippen molar-refractivity contribution >= 4 is 10.9 Å². The van der Waals surface area contributed by atoms with Crippen molar-refractivity contribution in [3.63, 3.8) is 0 Å². The van der Waals surface area contributed by atoms with Crippen LogP contribution < -0.4 is 5.56 Å². The number of fused-ring (bicyclic) bond motifs is 1. The Hall–Kier alpha value is -1.59. The van der Waals surface area contributed by atoms with Crippen molar-refractivity contribution in [1.82, 2.24) is 9.55 Å². The molecule has 0 radical (unpaired) electrons. The summed E-state index contributed by atoms with van der Waals surface area (Å²) < 4.78 is 12.6. The minimum atomic E-state index is -0.482. The van der Waals surface area contributed by atoms with Gasteiger partial charge in [0.1, 0.15) is 0 Å². The lowest BCUT2D eigenvalue weighted by atomic mass is 10.1. The van der Waals surface area contributed by atoms with Gasteiger partial charge in [0.2, 0.25) is 0 Å². The van der Waals surface area contributed by atoms with E-state index >= 15 is 0 Å². The fourth-order valence-corrected chi connectivity index (χ4v) is 2.76. The van der Waals surface area contributed by atoms with Crippen LogP contribution in [0.15, 0.2) is 17.2 Å². The summed E-state index contributed by atoms with van der Waals surface area (Å²) in [4.78, 5) is 15.9. The number of hydrogen-bond donors (Lipinski definition) is 1. The minimum absolute atomic E-state index is 0.0598. The third-order valence-electron chi connectivity index (χ3n) is 4.30. The summed E-state index contributed by atoms with van der Waals surface area (Å²) in [7, 11) is 3.20. The Balaban J connectivity index is 2.34. The molecule has 5 nitrogen and oxygen atoms in total. The quantitative estimate of drug-likeness (QED) is 0.873. The predicted molar refractivity (Wildman–Crippen MR) is 76.9 cm³/mol. The molecule has 1 aliphatic carbocycles. The van der Waals surface area contributed by atoms with E-state index in [-0.39, 0.29) is 11.1 Å². The molecule has 3 rings (SSSR count). The van der Waals surface area contributed by atoms with Gasteiger partial charge in [-0.1, -0.05) is 0 Å². The number of pyridine rings is 1. The van der Waals surface area contributed by atoms with E-state index in [9.17, 15) is 4.79 Å². The van der Waals surface area contributed by atoms with Gasteiger partial charge in [-0.05, 0) is 32.3 Å². The molecule has 108 valence electrons. The van der Waals surface area contributed by atoms with Crippen LogP contribution in [0, 0.1) is 6.92 Å². The molecule has 0 bridgehead atoms. The second-order valence-corrected chi connectivity index (χ2v) is 5.78. The molecule has 0 unspecified atom stereocenters. The Labute approximate surface area is 117 Å². The predicted octanol–water partition coefficient (Wildman–Crippen LogP) is 2.44. The highest BCUT2D eigenvalue weighted by Crippen LogP contribution is 2.42. The number of aryl methyl sites for hydroxylation is 1. The van der Waals surface area contributed by atoms with E-state index in [0.717, 1.165) is 34.9 Å². The molecular weight excluding hydrogens is 256 g/mol.